The van der Waals surface area contributed by atoms with Crippen LogP contribution in [0.4, 0.5) is 0 Å². The Morgan fingerprint density at radius 2 is 1.45 bits per heavy atom. The molecular weight excluding hydrogens is 448 g/mol. The van der Waals surface area contributed by atoms with Crippen molar-refractivity contribution in [3.8, 4) is 17.1 Å². The average Bonchev–Trinajstić information content (AvgIpc) is 2.96. The minimum absolute atomic E-state index is 0. The number of benzene rings is 3. The summed E-state index contributed by atoms with van der Waals surface area (Å²) < 4.78 is 2.18. The van der Waals surface area contributed by atoms with Crippen molar-refractivity contribution in [3.05, 3.63) is 84.9 Å². The van der Waals surface area contributed by atoms with Gasteiger partial charge in [-0.25, -0.2) is 0 Å². The third-order valence-electron chi connectivity index (χ3n) is 3.53. The first-order valence-corrected chi connectivity index (χ1v) is 6.93. The van der Waals surface area contributed by atoms with Gasteiger partial charge in [-0.2, -0.15) is 18.2 Å². The van der Waals surface area contributed by atoms with Crippen LogP contribution in [0.5, 0.6) is 0 Å². The first kappa shape index (κ1) is 14.7. The van der Waals surface area contributed by atoms with Crippen LogP contribution in [0, 0.1) is 6.07 Å². The molecule has 0 aliphatic carbocycles. The van der Waals surface area contributed by atoms with E-state index in [0.29, 0.717) is 0 Å². The van der Waals surface area contributed by atoms with Crippen LogP contribution in [0.1, 0.15) is 0 Å². The summed E-state index contributed by atoms with van der Waals surface area (Å²) in [5, 5.41) is 0. The molecule has 1 aromatic heterocycles. The van der Waals surface area contributed by atoms with Gasteiger partial charge in [-0.3, -0.25) is 4.98 Å². The van der Waals surface area contributed by atoms with E-state index in [4.69, 9.17) is 4.98 Å². The number of aromatic nitrogens is 2. The van der Waals surface area contributed by atoms with Crippen LogP contribution in [-0.4, -0.2) is 9.55 Å². The van der Waals surface area contributed by atoms with Crippen LogP contribution in [0.15, 0.2) is 78.9 Å². The number of imidazole rings is 1. The molecule has 4 aromatic rings. The van der Waals surface area contributed by atoms with Crippen LogP contribution in [0.25, 0.3) is 28.1 Å². The molecule has 0 saturated heterocycles. The molecule has 1 radical (unpaired) electrons. The Hall–Kier alpha value is -2.22. The molecular formula is C19H13IrN2-. The molecule has 0 spiro atoms. The van der Waals surface area contributed by atoms with Crippen LogP contribution < -0.4 is 0 Å². The molecule has 0 N–H and O–H groups in total. The van der Waals surface area contributed by atoms with E-state index in [0.717, 1.165) is 28.1 Å². The van der Waals surface area contributed by atoms with Crippen LogP contribution in [0.3, 0.4) is 0 Å². The third-order valence-corrected chi connectivity index (χ3v) is 3.53. The summed E-state index contributed by atoms with van der Waals surface area (Å²) in [6.07, 6.45) is 0. The largest absolute Gasteiger partial charge is 0.348 e. The van der Waals surface area contributed by atoms with Crippen molar-refractivity contribution in [2.24, 2.45) is 0 Å². The van der Waals surface area contributed by atoms with Gasteiger partial charge < -0.3 is 4.57 Å². The smallest absolute Gasteiger partial charge is 0.131 e. The van der Waals surface area contributed by atoms with Crippen molar-refractivity contribution < 1.29 is 20.1 Å². The second-order valence-corrected chi connectivity index (χ2v) is 4.88. The van der Waals surface area contributed by atoms with E-state index in [9.17, 15) is 0 Å². The Labute approximate surface area is 142 Å². The summed E-state index contributed by atoms with van der Waals surface area (Å²) in [7, 11) is 0. The predicted octanol–water partition coefficient (Wildman–Crippen LogP) is 4.49. The topological polar surface area (TPSA) is 17.8 Å². The summed E-state index contributed by atoms with van der Waals surface area (Å²) in [5.41, 5.74) is 4.17. The maximum Gasteiger partial charge on any atom is 0.131 e. The molecule has 0 aliphatic heterocycles. The number of nitrogens with zero attached hydrogens (tertiary/aromatic N) is 2. The van der Waals surface area contributed by atoms with Gasteiger partial charge in [-0.05, 0) is 23.2 Å². The zero-order chi connectivity index (χ0) is 14.1. The predicted molar refractivity (Wildman–Crippen MR) is 85.3 cm³/mol. The summed E-state index contributed by atoms with van der Waals surface area (Å²) in [6.45, 7) is 0. The standard InChI is InChI=1S/C19H13N2.Ir/c1-3-9-15(10-4-1)19-20-17-13-7-8-14-18(17)21(19)16-11-5-2-6-12-16;/h1-12,14H;/q-1;. The van der Waals surface area contributed by atoms with E-state index in [2.05, 4.69) is 41.0 Å². The summed E-state index contributed by atoms with van der Waals surface area (Å²) in [6, 6.07) is 29.8. The number of para-hydroxylation sites is 2. The molecule has 0 atom stereocenters. The Morgan fingerprint density at radius 1 is 0.773 bits per heavy atom. The average molecular weight is 462 g/mol. The van der Waals surface area contributed by atoms with Gasteiger partial charge in [0.2, 0.25) is 0 Å². The number of fused-ring (bicyclic) bond motifs is 1. The Balaban J connectivity index is 0.00000144. The first-order chi connectivity index (χ1) is 10.4. The van der Waals surface area contributed by atoms with Crippen molar-refractivity contribution in [1.82, 2.24) is 9.55 Å². The van der Waals surface area contributed by atoms with Crippen LogP contribution in [-0.2, 0) is 20.1 Å². The van der Waals surface area contributed by atoms with Gasteiger partial charge in [0.1, 0.15) is 5.82 Å². The zero-order valence-corrected chi connectivity index (χ0v) is 14.1. The Bertz CT molecular complexity index is 883. The molecule has 4 rings (SSSR count). The molecule has 0 bridgehead atoms. The third kappa shape index (κ3) is 2.50. The minimum atomic E-state index is 0. The fourth-order valence-electron chi connectivity index (χ4n) is 2.58. The molecule has 0 aliphatic rings. The van der Waals surface area contributed by atoms with Gasteiger partial charge >= 0.3 is 0 Å². The van der Waals surface area contributed by atoms with Crippen molar-refractivity contribution in [2.45, 2.75) is 0 Å². The number of hydrogen-bond acceptors (Lipinski definition) is 1. The molecule has 2 nitrogen and oxygen atoms in total. The molecule has 3 heteroatoms. The van der Waals surface area contributed by atoms with Crippen molar-refractivity contribution >= 4 is 11.0 Å². The summed E-state index contributed by atoms with van der Waals surface area (Å²) >= 11 is 0. The molecule has 0 saturated carbocycles. The monoisotopic (exact) mass is 462 g/mol. The van der Waals surface area contributed by atoms with Gasteiger partial charge in [-0.15, -0.1) is 6.07 Å². The molecule has 109 valence electrons. The van der Waals surface area contributed by atoms with Crippen molar-refractivity contribution in [2.75, 3.05) is 0 Å². The molecule has 22 heavy (non-hydrogen) atoms. The molecule has 0 amide bonds. The van der Waals surface area contributed by atoms with Crippen LogP contribution >= 0.6 is 0 Å². The maximum absolute atomic E-state index is 4.77. The Kier molecular flexibility index (Phi) is 4.19. The minimum Gasteiger partial charge on any atom is -0.348 e. The summed E-state index contributed by atoms with van der Waals surface area (Å²) in [4.78, 5) is 4.77. The van der Waals surface area contributed by atoms with Crippen molar-refractivity contribution in [1.29, 1.82) is 0 Å². The van der Waals surface area contributed by atoms with Crippen molar-refractivity contribution in [3.63, 3.8) is 0 Å². The molecule has 0 fully saturated rings. The fraction of sp³-hybridized carbons (Fsp3) is 0. The quantitative estimate of drug-likeness (QED) is 0.402. The fourth-order valence-corrected chi connectivity index (χ4v) is 2.58. The second-order valence-electron chi connectivity index (χ2n) is 4.88. The number of hydrogen-bond donors (Lipinski definition) is 0. The van der Waals surface area contributed by atoms with E-state index in [1.807, 2.05) is 48.5 Å². The SMILES string of the molecule is [Ir].[c-]1cccc2c1nc(-c1ccccc1)n2-c1ccccc1. The first-order valence-electron chi connectivity index (χ1n) is 6.93. The van der Waals surface area contributed by atoms with Gasteiger partial charge in [-0.1, -0.05) is 48.5 Å². The van der Waals surface area contributed by atoms with E-state index < -0.39 is 0 Å². The van der Waals surface area contributed by atoms with E-state index in [1.54, 1.807) is 0 Å². The van der Waals surface area contributed by atoms with E-state index in [1.165, 1.54) is 0 Å². The second kappa shape index (κ2) is 6.27. The normalized spacial score (nSPS) is 10.4. The Morgan fingerprint density at radius 3 is 2.18 bits per heavy atom. The van der Waals surface area contributed by atoms with Gasteiger partial charge in [0.15, 0.2) is 0 Å². The van der Waals surface area contributed by atoms with E-state index >= 15 is 0 Å². The van der Waals surface area contributed by atoms with Gasteiger partial charge in [0.25, 0.3) is 0 Å². The zero-order valence-electron chi connectivity index (χ0n) is 11.7. The summed E-state index contributed by atoms with van der Waals surface area (Å²) in [5.74, 6) is 0.944. The molecule has 1 heterocycles. The number of rotatable bonds is 2. The molecule has 3 aromatic carbocycles. The maximum atomic E-state index is 4.77. The van der Waals surface area contributed by atoms with Gasteiger partial charge in [0, 0.05) is 31.4 Å². The molecule has 0 unspecified atom stereocenters. The van der Waals surface area contributed by atoms with E-state index in [-0.39, 0.29) is 20.1 Å². The van der Waals surface area contributed by atoms with Crippen LogP contribution in [0.2, 0.25) is 0 Å². The van der Waals surface area contributed by atoms with Gasteiger partial charge in [0.05, 0.1) is 0 Å².